The highest BCUT2D eigenvalue weighted by Gasteiger charge is 2.51. The van der Waals surface area contributed by atoms with Crippen molar-refractivity contribution in [3.63, 3.8) is 0 Å². The number of benzene rings is 6. The third-order valence-corrected chi connectivity index (χ3v) is 9.02. The van der Waals surface area contributed by atoms with Crippen LogP contribution in [0.15, 0.2) is 170 Å². The lowest BCUT2D eigenvalue weighted by molar-refractivity contribution is 0.639. The molecule has 9 rings (SSSR count). The van der Waals surface area contributed by atoms with E-state index in [1.807, 2.05) is 121 Å². The molecule has 0 amide bonds. The molecule has 0 saturated carbocycles. The van der Waals surface area contributed by atoms with E-state index in [4.69, 9.17) is 29.9 Å². The van der Waals surface area contributed by atoms with Crippen molar-refractivity contribution < 1.29 is 0 Å². The van der Waals surface area contributed by atoms with Gasteiger partial charge in [0.1, 0.15) is 5.41 Å². The lowest BCUT2D eigenvalue weighted by atomic mass is 9.76. The van der Waals surface area contributed by atoms with Gasteiger partial charge in [0.2, 0.25) is 0 Å². The van der Waals surface area contributed by atoms with Crippen LogP contribution in [0.3, 0.4) is 0 Å². The SMILES string of the molecule is c1ccc(-c2nc(-c3ccccc3)nc(C3(c4nc(-c5ccccc5)nc(-c5ccccc5)n4)c4ccccc4-c4ccccc43)n2)cc1. The van der Waals surface area contributed by atoms with E-state index in [0.29, 0.717) is 34.9 Å². The number of rotatable bonds is 6. The Hall–Kier alpha value is -6.66. The lowest BCUT2D eigenvalue weighted by Gasteiger charge is -2.30. The Balaban J connectivity index is 1.43. The van der Waals surface area contributed by atoms with Crippen molar-refractivity contribution in [3.05, 3.63) is 193 Å². The first-order valence-electron chi connectivity index (χ1n) is 16.2. The zero-order valence-corrected chi connectivity index (χ0v) is 26.3. The topological polar surface area (TPSA) is 77.3 Å². The summed E-state index contributed by atoms with van der Waals surface area (Å²) in [7, 11) is 0. The van der Waals surface area contributed by atoms with Crippen LogP contribution in [0.2, 0.25) is 0 Å². The minimum absolute atomic E-state index is 0.543. The highest BCUT2D eigenvalue weighted by Crippen LogP contribution is 2.54. The summed E-state index contributed by atoms with van der Waals surface area (Å²) in [6.45, 7) is 0. The first kappa shape index (κ1) is 28.6. The van der Waals surface area contributed by atoms with Crippen molar-refractivity contribution in [1.29, 1.82) is 0 Å². The largest absolute Gasteiger partial charge is 0.211 e. The molecule has 6 heteroatoms. The van der Waals surface area contributed by atoms with Gasteiger partial charge in [0, 0.05) is 22.3 Å². The summed E-state index contributed by atoms with van der Waals surface area (Å²) >= 11 is 0. The summed E-state index contributed by atoms with van der Waals surface area (Å²) in [4.78, 5) is 31.4. The fourth-order valence-electron chi connectivity index (χ4n) is 6.77. The van der Waals surface area contributed by atoms with Crippen molar-refractivity contribution >= 4 is 0 Å². The molecular weight excluding hydrogens is 601 g/mol. The van der Waals surface area contributed by atoms with Crippen LogP contribution >= 0.6 is 0 Å². The number of fused-ring (bicyclic) bond motifs is 3. The molecule has 0 unspecified atom stereocenters. The van der Waals surface area contributed by atoms with E-state index < -0.39 is 5.41 Å². The van der Waals surface area contributed by atoms with Gasteiger partial charge in [-0.3, -0.25) is 0 Å². The fourth-order valence-corrected chi connectivity index (χ4v) is 6.77. The molecule has 2 heterocycles. The third-order valence-electron chi connectivity index (χ3n) is 9.02. The van der Waals surface area contributed by atoms with E-state index in [1.54, 1.807) is 0 Å². The molecule has 49 heavy (non-hydrogen) atoms. The molecule has 1 aliphatic rings. The molecule has 0 radical (unpaired) electrons. The van der Waals surface area contributed by atoms with Crippen LogP contribution in [0, 0.1) is 0 Å². The average Bonchev–Trinajstić information content (AvgIpc) is 3.50. The molecule has 0 fully saturated rings. The molecule has 0 aliphatic heterocycles. The maximum atomic E-state index is 5.34. The predicted molar refractivity (Wildman–Crippen MR) is 192 cm³/mol. The molecule has 6 nitrogen and oxygen atoms in total. The van der Waals surface area contributed by atoms with Gasteiger partial charge in [0.05, 0.1) is 0 Å². The van der Waals surface area contributed by atoms with Crippen molar-refractivity contribution in [2.24, 2.45) is 0 Å². The van der Waals surface area contributed by atoms with Gasteiger partial charge in [0.15, 0.2) is 34.9 Å². The van der Waals surface area contributed by atoms with Gasteiger partial charge in [-0.15, -0.1) is 0 Å². The molecule has 0 atom stereocenters. The summed E-state index contributed by atoms with van der Waals surface area (Å²) in [6, 6.07) is 57.1. The monoisotopic (exact) mass is 628 g/mol. The molecule has 6 aromatic carbocycles. The Kier molecular flexibility index (Phi) is 6.91. The zero-order valence-electron chi connectivity index (χ0n) is 26.3. The maximum Gasteiger partial charge on any atom is 0.163 e. The Labute approximate surface area is 284 Å². The smallest absolute Gasteiger partial charge is 0.163 e. The maximum absolute atomic E-state index is 5.34. The zero-order chi connectivity index (χ0) is 32.6. The van der Waals surface area contributed by atoms with E-state index >= 15 is 0 Å². The predicted octanol–water partition coefficient (Wildman–Crippen LogP) is 9.09. The minimum Gasteiger partial charge on any atom is -0.211 e. The first-order chi connectivity index (χ1) is 24.3. The molecular formula is C43H28N6. The molecule has 0 spiro atoms. The molecule has 0 saturated heterocycles. The van der Waals surface area contributed by atoms with Crippen LogP contribution in [0.1, 0.15) is 22.8 Å². The van der Waals surface area contributed by atoms with Gasteiger partial charge < -0.3 is 0 Å². The fraction of sp³-hybridized carbons (Fsp3) is 0.0233. The van der Waals surface area contributed by atoms with Gasteiger partial charge in [-0.25, -0.2) is 29.9 Å². The van der Waals surface area contributed by atoms with Crippen LogP contribution in [0.4, 0.5) is 0 Å². The second kappa shape index (κ2) is 11.9. The van der Waals surface area contributed by atoms with Crippen molar-refractivity contribution in [2.75, 3.05) is 0 Å². The van der Waals surface area contributed by atoms with E-state index in [1.165, 1.54) is 0 Å². The van der Waals surface area contributed by atoms with Gasteiger partial charge in [0.25, 0.3) is 0 Å². The van der Waals surface area contributed by atoms with E-state index in [9.17, 15) is 0 Å². The molecule has 230 valence electrons. The summed E-state index contributed by atoms with van der Waals surface area (Å²) in [5.41, 5.74) is 6.65. The minimum atomic E-state index is -1.10. The van der Waals surface area contributed by atoms with Crippen molar-refractivity contribution in [3.8, 4) is 56.7 Å². The Bertz CT molecular complexity index is 2140. The van der Waals surface area contributed by atoms with Crippen LogP contribution in [0.5, 0.6) is 0 Å². The number of hydrogen-bond acceptors (Lipinski definition) is 6. The Morgan fingerprint density at radius 1 is 0.265 bits per heavy atom. The summed E-state index contributed by atoms with van der Waals surface area (Å²) in [5.74, 6) is 3.39. The number of hydrogen-bond donors (Lipinski definition) is 0. The van der Waals surface area contributed by atoms with E-state index in [0.717, 1.165) is 44.5 Å². The number of nitrogens with zero attached hydrogens (tertiary/aromatic N) is 6. The highest BCUT2D eigenvalue weighted by molar-refractivity contribution is 5.85. The van der Waals surface area contributed by atoms with Gasteiger partial charge in [-0.2, -0.15) is 0 Å². The van der Waals surface area contributed by atoms with Gasteiger partial charge >= 0.3 is 0 Å². The van der Waals surface area contributed by atoms with E-state index in [-0.39, 0.29) is 0 Å². The van der Waals surface area contributed by atoms with Gasteiger partial charge in [-0.05, 0) is 22.3 Å². The normalized spacial score (nSPS) is 12.7. The molecule has 0 N–H and O–H groups in total. The molecule has 8 aromatic rings. The Morgan fingerprint density at radius 3 is 0.837 bits per heavy atom. The lowest BCUT2D eigenvalue weighted by Crippen LogP contribution is -2.34. The second-order valence-corrected chi connectivity index (χ2v) is 11.9. The summed E-state index contributed by atoms with van der Waals surface area (Å²) in [5, 5.41) is 0. The first-order valence-corrected chi connectivity index (χ1v) is 16.2. The van der Waals surface area contributed by atoms with Crippen LogP contribution in [-0.4, -0.2) is 29.9 Å². The third kappa shape index (κ3) is 4.81. The standard InChI is InChI=1S/C43H28N6/c1-5-17-29(18-6-1)37-44-38(30-19-7-2-8-20-30)47-41(46-37)43(35-27-15-13-25-33(35)34-26-14-16-28-36(34)43)42-48-39(31-21-9-3-10-22-31)45-40(49-42)32-23-11-4-12-24-32/h1-28H. The number of aromatic nitrogens is 6. The van der Waals surface area contributed by atoms with Crippen LogP contribution in [0.25, 0.3) is 56.7 Å². The van der Waals surface area contributed by atoms with Gasteiger partial charge in [-0.1, -0.05) is 170 Å². The second-order valence-electron chi connectivity index (χ2n) is 11.9. The summed E-state index contributed by atoms with van der Waals surface area (Å²) in [6.07, 6.45) is 0. The van der Waals surface area contributed by atoms with Crippen molar-refractivity contribution in [2.45, 2.75) is 5.41 Å². The van der Waals surface area contributed by atoms with E-state index in [2.05, 4.69) is 48.5 Å². The van der Waals surface area contributed by atoms with Crippen LogP contribution < -0.4 is 0 Å². The van der Waals surface area contributed by atoms with Crippen molar-refractivity contribution in [1.82, 2.24) is 29.9 Å². The Morgan fingerprint density at radius 2 is 0.531 bits per heavy atom. The summed E-state index contributed by atoms with van der Waals surface area (Å²) < 4.78 is 0. The van der Waals surface area contributed by atoms with Crippen LogP contribution in [-0.2, 0) is 5.41 Å². The highest BCUT2D eigenvalue weighted by atomic mass is 15.1. The molecule has 0 bridgehead atoms. The quantitative estimate of drug-likeness (QED) is 0.183. The average molecular weight is 629 g/mol. The molecule has 2 aromatic heterocycles. The molecule has 1 aliphatic carbocycles.